The average molecular weight is 726 g/mol. The van der Waals surface area contributed by atoms with Crippen LogP contribution in [0.1, 0.15) is 118 Å². The Morgan fingerprint density at radius 3 is 2.52 bits per heavy atom. The number of fused-ring (bicyclic) bond motifs is 3. The van der Waals surface area contributed by atoms with Gasteiger partial charge in [-0.25, -0.2) is 0 Å². The molecule has 9 heteroatoms. The Morgan fingerprint density at radius 2 is 1.79 bits per heavy atom. The summed E-state index contributed by atoms with van der Waals surface area (Å²) in [4.78, 5) is 14.4. The summed E-state index contributed by atoms with van der Waals surface area (Å²) >= 11 is 0. The van der Waals surface area contributed by atoms with Crippen molar-refractivity contribution in [3.63, 3.8) is 0 Å². The highest BCUT2D eigenvalue weighted by Gasteiger charge is 2.72. The van der Waals surface area contributed by atoms with E-state index in [9.17, 15) is 30.3 Å². The van der Waals surface area contributed by atoms with Crippen molar-refractivity contribution in [2.75, 3.05) is 6.54 Å². The number of quaternary nitrogens is 1. The van der Waals surface area contributed by atoms with E-state index in [1.807, 2.05) is 0 Å². The molecule has 2 heterocycles. The number of aliphatic hydroxyl groups excluding tert-OH is 3. The molecule has 0 radical (unpaired) electrons. The van der Waals surface area contributed by atoms with Gasteiger partial charge in [-0.05, 0) is 130 Å². The first-order valence-corrected chi connectivity index (χ1v) is 21.3. The Balaban J connectivity index is 1.12. The molecule has 2 unspecified atom stereocenters. The van der Waals surface area contributed by atoms with Gasteiger partial charge in [-0.1, -0.05) is 52.2 Å². The second-order valence-corrected chi connectivity index (χ2v) is 19.9. The minimum Gasteiger partial charge on any atom is -0.390 e. The summed E-state index contributed by atoms with van der Waals surface area (Å²) < 4.78 is 6.73. The van der Waals surface area contributed by atoms with E-state index < -0.39 is 58.3 Å². The fourth-order valence-corrected chi connectivity index (χ4v) is 14.6. The van der Waals surface area contributed by atoms with Crippen LogP contribution in [0.2, 0.25) is 0 Å². The summed E-state index contributed by atoms with van der Waals surface area (Å²) in [5.74, 6) is 0.755. The van der Waals surface area contributed by atoms with Gasteiger partial charge in [-0.3, -0.25) is 10.5 Å². The van der Waals surface area contributed by atoms with Crippen molar-refractivity contribution in [1.29, 1.82) is 0 Å². The number of piperidine rings is 1. The lowest BCUT2D eigenvalue weighted by molar-refractivity contribution is -0.703. The number of hydrogen-bond acceptors (Lipinski definition) is 8. The van der Waals surface area contributed by atoms with E-state index in [4.69, 9.17) is 10.5 Å². The van der Waals surface area contributed by atoms with Gasteiger partial charge in [-0.15, -0.1) is 0 Å². The number of ether oxygens (including phenoxy) is 1. The number of hydrogen-bond donors (Lipinski definition) is 7. The highest BCUT2D eigenvalue weighted by Crippen LogP contribution is 2.72. The third-order valence-corrected chi connectivity index (χ3v) is 17.4. The van der Waals surface area contributed by atoms with Gasteiger partial charge >= 0.3 is 0 Å². The highest BCUT2D eigenvalue weighted by molar-refractivity contribution is 5.95. The van der Waals surface area contributed by atoms with Crippen LogP contribution in [0, 0.1) is 64.1 Å². The topological polar surface area (TPSA) is 170 Å². The second kappa shape index (κ2) is 13.5. The Bertz CT molecular complexity index is 1430. The number of ketones is 1. The van der Waals surface area contributed by atoms with Gasteiger partial charge in [0, 0.05) is 23.7 Å². The molecular weight excluding hydrogens is 656 g/mol. The molecule has 4 saturated carbocycles. The number of aliphatic hydroxyl groups is 5. The van der Waals surface area contributed by atoms with Crippen molar-refractivity contribution in [3.05, 3.63) is 23.8 Å². The molecule has 8 aliphatic rings. The van der Waals surface area contributed by atoms with Crippen molar-refractivity contribution in [1.82, 2.24) is 0 Å². The summed E-state index contributed by atoms with van der Waals surface area (Å²) in [6, 6.07) is 0. The molecule has 9 nitrogen and oxygen atoms in total. The largest absolute Gasteiger partial charge is 0.390 e. The Hall–Kier alpha value is -1.17. The van der Waals surface area contributed by atoms with Crippen LogP contribution in [0.5, 0.6) is 0 Å². The first-order chi connectivity index (χ1) is 24.6. The van der Waals surface area contributed by atoms with E-state index in [2.05, 4.69) is 38.2 Å². The lowest BCUT2D eigenvalue weighted by Gasteiger charge is -2.63. The molecule has 2 aliphatic heterocycles. The Morgan fingerprint density at radius 1 is 1.04 bits per heavy atom. The lowest BCUT2D eigenvalue weighted by atomic mass is 9.42. The summed E-state index contributed by atoms with van der Waals surface area (Å²) in [6.07, 6.45) is 14.9. The smallest absolute Gasteiger partial charge is 0.159 e. The number of carbonyl (C=O) groups excluding carboxylic acids is 1. The molecule has 19 atom stereocenters. The average Bonchev–Trinajstić information content (AvgIpc) is 3.39. The molecule has 8 rings (SSSR count). The monoisotopic (exact) mass is 726 g/mol. The van der Waals surface area contributed by atoms with Crippen molar-refractivity contribution in [2.45, 2.75) is 165 Å². The van der Waals surface area contributed by atoms with Crippen molar-refractivity contribution >= 4 is 5.78 Å². The van der Waals surface area contributed by atoms with Gasteiger partial charge in [0.2, 0.25) is 0 Å². The third-order valence-electron chi connectivity index (χ3n) is 17.4. The molecular formula is C43H69N2O7+. The first-order valence-electron chi connectivity index (χ1n) is 21.3. The van der Waals surface area contributed by atoms with Crippen LogP contribution >= 0.6 is 0 Å². The molecule has 0 amide bonds. The number of nitrogens with two attached hydrogens (primary N) is 2. The normalized spacial score (nSPS) is 53.3. The Labute approximate surface area is 311 Å². The van der Waals surface area contributed by atoms with Gasteiger partial charge in [0.15, 0.2) is 5.78 Å². The lowest BCUT2D eigenvalue weighted by Crippen LogP contribution is -2.95. The van der Waals surface area contributed by atoms with E-state index in [1.54, 1.807) is 13.0 Å². The van der Waals surface area contributed by atoms with E-state index in [-0.39, 0.29) is 48.1 Å². The maximum Gasteiger partial charge on any atom is 0.159 e. The van der Waals surface area contributed by atoms with E-state index in [0.29, 0.717) is 37.5 Å². The first kappa shape index (κ1) is 37.7. The number of carbonyl (C=O) groups is 1. The van der Waals surface area contributed by atoms with Crippen molar-refractivity contribution in [3.8, 4) is 0 Å². The molecule has 1 spiro atoms. The van der Waals surface area contributed by atoms with Crippen LogP contribution < -0.4 is 11.1 Å². The Kier molecular flexibility index (Phi) is 9.79. The minimum atomic E-state index is -1.53. The zero-order valence-corrected chi connectivity index (χ0v) is 32.2. The fourth-order valence-electron chi connectivity index (χ4n) is 14.6. The minimum absolute atomic E-state index is 0.0210. The molecule has 6 fully saturated rings. The maximum atomic E-state index is 14.4. The molecule has 52 heavy (non-hydrogen) atoms. The number of rotatable bonds is 6. The van der Waals surface area contributed by atoms with Gasteiger partial charge in [0.25, 0.3) is 0 Å². The zero-order valence-electron chi connectivity index (χ0n) is 32.2. The predicted octanol–water partition coefficient (Wildman–Crippen LogP) is 3.35. The third kappa shape index (κ3) is 5.63. The fraction of sp³-hybridized carbons (Fsp3) is 0.884. The van der Waals surface area contributed by atoms with Crippen molar-refractivity contribution < 1.29 is 40.4 Å². The van der Waals surface area contributed by atoms with Crippen LogP contribution in [-0.2, 0) is 9.53 Å². The summed E-state index contributed by atoms with van der Waals surface area (Å²) in [7, 11) is 0. The second-order valence-electron chi connectivity index (χ2n) is 19.9. The van der Waals surface area contributed by atoms with Crippen LogP contribution in [0.15, 0.2) is 23.8 Å². The van der Waals surface area contributed by atoms with Crippen molar-refractivity contribution in [2.24, 2.45) is 69.8 Å². The molecule has 9 N–H and O–H groups in total. The van der Waals surface area contributed by atoms with Gasteiger partial charge < -0.3 is 35.6 Å². The van der Waals surface area contributed by atoms with E-state index in [0.717, 1.165) is 56.6 Å². The van der Waals surface area contributed by atoms with Gasteiger partial charge in [-0.2, -0.15) is 0 Å². The summed E-state index contributed by atoms with van der Waals surface area (Å²) in [6.45, 7) is 9.24. The van der Waals surface area contributed by atoms with E-state index >= 15 is 0 Å². The molecule has 0 aromatic rings. The molecule has 292 valence electrons. The SMILES string of the molecule is CCC[C@H]1CC[C@@H]2[C@H](C)[C@H]([C@@H](O)[C@](C)(O)[C@@H]3CC[C@]4(O)C5=CC(=O)[C@@H]6C[C@@H](O)[C@@H](O)C[C@@]67C[C@H](C6CCC(N)[NH2+]C6)C=C[C@@H](C[C@]34C)[C@@H]57)O[C@@H]2CC1. The molecule has 0 bridgehead atoms. The highest BCUT2D eigenvalue weighted by atomic mass is 16.5. The molecule has 6 aliphatic carbocycles. The molecule has 2 saturated heterocycles. The predicted molar refractivity (Wildman–Crippen MR) is 197 cm³/mol. The van der Waals surface area contributed by atoms with Gasteiger partial charge in [0.1, 0.15) is 12.3 Å². The van der Waals surface area contributed by atoms with Crippen LogP contribution in [0.3, 0.4) is 0 Å². The van der Waals surface area contributed by atoms with Crippen LogP contribution in [0.25, 0.3) is 0 Å². The molecule has 0 aromatic carbocycles. The quantitative estimate of drug-likeness (QED) is 0.205. The summed E-state index contributed by atoms with van der Waals surface area (Å²) in [5.41, 5.74) is 2.76. The van der Waals surface area contributed by atoms with Crippen LogP contribution in [0.4, 0.5) is 0 Å². The maximum absolute atomic E-state index is 14.4. The molecule has 0 aromatic heterocycles. The summed E-state index contributed by atoms with van der Waals surface area (Å²) in [5, 5.41) is 62.6. The van der Waals surface area contributed by atoms with Gasteiger partial charge in [0.05, 0.1) is 42.2 Å². The number of allylic oxidation sites excluding steroid dienone is 3. The zero-order chi connectivity index (χ0) is 37.0. The van der Waals surface area contributed by atoms with Crippen LogP contribution in [-0.4, -0.2) is 85.7 Å². The van der Waals surface area contributed by atoms with E-state index in [1.165, 1.54) is 19.3 Å². The standard InChI is InChI=1S/C43H68N2O7/c1-5-6-24-7-12-28-23(2)38(52-34(28)13-8-24)39(49)41(4,50)35-15-16-43(51)30-18-31(46)29-17-32(47)33(48)21-42(29)20-25(27-11-14-36(44)45-22-27)9-10-26(37(30)42)19-40(35,43)3/h9-10,18,23-29,32-39,45,47-51H,5-8,11-17,19-22,44H2,1-4H3/p+1/t23-,24-,25+,26-,27?,28+,29-,32+,33-,34+,35+,36?,37-,38+,39+,40+,41+,42-,43-/m0/s1.